The number of amides is 2. The molecule has 2 saturated heterocycles. The zero-order valence-corrected chi connectivity index (χ0v) is 12.4. The molecule has 1 aromatic rings. The number of rotatable bonds is 1. The topological polar surface area (TPSA) is 40.6 Å². The van der Waals surface area contributed by atoms with E-state index in [2.05, 4.69) is 0 Å². The highest BCUT2D eigenvalue weighted by atomic mass is 35.5. The Morgan fingerprint density at radius 2 is 2.00 bits per heavy atom. The molecule has 0 bridgehead atoms. The van der Waals surface area contributed by atoms with Gasteiger partial charge in [0, 0.05) is 12.2 Å². The standard InChI is InChI=1S/C15H16ClFN2O2/c1-9-14(20)18-7-3-2-4-13(18)15(21)19(9)10-5-6-12(17)11(16)8-10/h5-6,8-9,13H,2-4,7H2,1H3. The molecule has 0 radical (unpaired) electrons. The van der Waals surface area contributed by atoms with Gasteiger partial charge in [0.1, 0.15) is 17.9 Å². The highest BCUT2D eigenvalue weighted by Crippen LogP contribution is 2.31. The average Bonchev–Trinajstić information content (AvgIpc) is 2.49. The lowest BCUT2D eigenvalue weighted by Crippen LogP contribution is -2.65. The summed E-state index contributed by atoms with van der Waals surface area (Å²) >= 11 is 5.79. The van der Waals surface area contributed by atoms with Gasteiger partial charge < -0.3 is 4.90 Å². The van der Waals surface area contributed by atoms with Crippen LogP contribution in [0, 0.1) is 5.82 Å². The van der Waals surface area contributed by atoms with Crippen molar-refractivity contribution in [3.63, 3.8) is 0 Å². The summed E-state index contributed by atoms with van der Waals surface area (Å²) in [6, 6.07) is 3.12. The van der Waals surface area contributed by atoms with Crippen LogP contribution in [0.2, 0.25) is 5.02 Å². The largest absolute Gasteiger partial charge is 0.329 e. The maximum Gasteiger partial charge on any atom is 0.250 e. The number of carbonyl (C=O) groups is 2. The first-order valence-corrected chi connectivity index (χ1v) is 7.47. The molecular weight excluding hydrogens is 295 g/mol. The molecule has 0 spiro atoms. The first-order valence-electron chi connectivity index (χ1n) is 7.09. The SMILES string of the molecule is CC1C(=O)N2CCCCC2C(=O)N1c1ccc(F)c(Cl)c1. The third kappa shape index (κ3) is 2.29. The number of benzene rings is 1. The van der Waals surface area contributed by atoms with Crippen LogP contribution >= 0.6 is 11.6 Å². The minimum absolute atomic E-state index is 0.0500. The second-order valence-corrected chi connectivity index (χ2v) is 5.93. The molecule has 2 fully saturated rings. The van der Waals surface area contributed by atoms with Gasteiger partial charge in [-0.15, -0.1) is 0 Å². The van der Waals surface area contributed by atoms with Crippen LogP contribution in [0.3, 0.4) is 0 Å². The van der Waals surface area contributed by atoms with Crippen LogP contribution in [0.25, 0.3) is 0 Å². The van der Waals surface area contributed by atoms with Crippen molar-refractivity contribution in [3.8, 4) is 0 Å². The fourth-order valence-electron chi connectivity index (χ4n) is 3.14. The van der Waals surface area contributed by atoms with Gasteiger partial charge in [-0.05, 0) is 44.4 Å². The second-order valence-electron chi connectivity index (χ2n) is 5.53. The first kappa shape index (κ1) is 14.3. The zero-order chi connectivity index (χ0) is 15.1. The molecule has 1 aromatic carbocycles. The molecule has 0 aromatic heterocycles. The van der Waals surface area contributed by atoms with Gasteiger partial charge in [0.2, 0.25) is 5.91 Å². The van der Waals surface area contributed by atoms with Crippen molar-refractivity contribution in [3.05, 3.63) is 29.0 Å². The van der Waals surface area contributed by atoms with Crippen molar-refractivity contribution in [2.24, 2.45) is 0 Å². The quantitative estimate of drug-likeness (QED) is 0.800. The molecule has 4 nitrogen and oxygen atoms in total. The number of fused-ring (bicyclic) bond motifs is 1. The lowest BCUT2D eigenvalue weighted by molar-refractivity contribution is -0.147. The van der Waals surface area contributed by atoms with E-state index in [4.69, 9.17) is 11.6 Å². The van der Waals surface area contributed by atoms with Gasteiger partial charge in [-0.25, -0.2) is 4.39 Å². The summed E-state index contributed by atoms with van der Waals surface area (Å²) in [5.41, 5.74) is 0.470. The summed E-state index contributed by atoms with van der Waals surface area (Å²) in [6.07, 6.45) is 2.56. The van der Waals surface area contributed by atoms with Crippen LogP contribution in [0.15, 0.2) is 18.2 Å². The minimum atomic E-state index is -0.589. The van der Waals surface area contributed by atoms with Crippen molar-refractivity contribution in [1.82, 2.24) is 4.90 Å². The van der Waals surface area contributed by atoms with E-state index in [1.165, 1.54) is 23.1 Å². The molecule has 3 rings (SSSR count). The Kier molecular flexibility index (Phi) is 3.61. The molecule has 2 aliphatic rings. The lowest BCUT2D eigenvalue weighted by Gasteiger charge is -2.46. The monoisotopic (exact) mass is 310 g/mol. The summed E-state index contributed by atoms with van der Waals surface area (Å²) in [4.78, 5) is 28.3. The number of anilines is 1. The molecule has 2 amide bonds. The van der Waals surface area contributed by atoms with Crippen molar-refractivity contribution in [1.29, 1.82) is 0 Å². The van der Waals surface area contributed by atoms with E-state index in [-0.39, 0.29) is 16.8 Å². The molecule has 112 valence electrons. The molecule has 6 heteroatoms. The fourth-order valence-corrected chi connectivity index (χ4v) is 3.31. The van der Waals surface area contributed by atoms with Crippen LogP contribution in [-0.4, -0.2) is 35.3 Å². The molecule has 21 heavy (non-hydrogen) atoms. The van der Waals surface area contributed by atoms with Gasteiger partial charge in [-0.1, -0.05) is 11.6 Å². The maximum absolute atomic E-state index is 13.3. The van der Waals surface area contributed by atoms with E-state index in [0.29, 0.717) is 18.7 Å². The summed E-state index contributed by atoms with van der Waals surface area (Å²) in [5.74, 6) is -0.702. The van der Waals surface area contributed by atoms with Gasteiger partial charge in [0.15, 0.2) is 0 Å². The van der Waals surface area contributed by atoms with Crippen LogP contribution in [0.5, 0.6) is 0 Å². The molecule has 2 atom stereocenters. The Morgan fingerprint density at radius 3 is 2.71 bits per heavy atom. The molecule has 0 N–H and O–H groups in total. The molecule has 2 aliphatic heterocycles. The molecule has 2 unspecified atom stereocenters. The number of carbonyl (C=O) groups excluding carboxylic acids is 2. The predicted molar refractivity (Wildman–Crippen MR) is 77.7 cm³/mol. The summed E-state index contributed by atoms with van der Waals surface area (Å²) < 4.78 is 13.3. The molecular formula is C15H16ClFN2O2. The minimum Gasteiger partial charge on any atom is -0.329 e. The van der Waals surface area contributed by atoms with Gasteiger partial charge in [0.05, 0.1) is 5.02 Å². The Labute approximate surface area is 127 Å². The van der Waals surface area contributed by atoms with Crippen molar-refractivity contribution in [2.75, 3.05) is 11.4 Å². The van der Waals surface area contributed by atoms with E-state index in [0.717, 1.165) is 12.8 Å². The van der Waals surface area contributed by atoms with Crippen LogP contribution in [0.1, 0.15) is 26.2 Å². The van der Waals surface area contributed by atoms with Gasteiger partial charge in [-0.3, -0.25) is 14.5 Å². The van der Waals surface area contributed by atoms with Crippen LogP contribution in [-0.2, 0) is 9.59 Å². The van der Waals surface area contributed by atoms with E-state index in [9.17, 15) is 14.0 Å². The summed E-state index contributed by atoms with van der Waals surface area (Å²) in [7, 11) is 0. The lowest BCUT2D eigenvalue weighted by atomic mass is 9.95. The number of halogens is 2. The summed E-state index contributed by atoms with van der Waals surface area (Å²) in [6.45, 7) is 2.33. The van der Waals surface area contributed by atoms with E-state index < -0.39 is 17.9 Å². The number of nitrogens with zero attached hydrogens (tertiary/aromatic N) is 2. The highest BCUT2D eigenvalue weighted by Gasteiger charge is 2.45. The van der Waals surface area contributed by atoms with Crippen LogP contribution < -0.4 is 4.90 Å². The fraction of sp³-hybridized carbons (Fsp3) is 0.467. The Bertz CT molecular complexity index is 607. The first-order chi connectivity index (χ1) is 10.0. The molecule has 0 saturated carbocycles. The number of hydrogen-bond donors (Lipinski definition) is 0. The Morgan fingerprint density at radius 1 is 1.24 bits per heavy atom. The maximum atomic E-state index is 13.3. The molecule has 0 aliphatic carbocycles. The average molecular weight is 311 g/mol. The van der Waals surface area contributed by atoms with E-state index in [1.54, 1.807) is 11.8 Å². The van der Waals surface area contributed by atoms with E-state index >= 15 is 0 Å². The van der Waals surface area contributed by atoms with Crippen LogP contribution in [0.4, 0.5) is 10.1 Å². The highest BCUT2D eigenvalue weighted by molar-refractivity contribution is 6.31. The Balaban J connectivity index is 1.99. The van der Waals surface area contributed by atoms with Gasteiger partial charge >= 0.3 is 0 Å². The van der Waals surface area contributed by atoms with E-state index in [1.807, 2.05) is 0 Å². The summed E-state index contributed by atoms with van der Waals surface area (Å²) in [5, 5.41) is -0.0500. The van der Waals surface area contributed by atoms with Crippen molar-refractivity contribution in [2.45, 2.75) is 38.3 Å². The number of piperidine rings is 1. The smallest absolute Gasteiger partial charge is 0.250 e. The van der Waals surface area contributed by atoms with Gasteiger partial charge in [0.25, 0.3) is 5.91 Å². The Hall–Kier alpha value is -1.62. The third-order valence-corrected chi connectivity index (χ3v) is 4.52. The van der Waals surface area contributed by atoms with Crippen molar-refractivity contribution < 1.29 is 14.0 Å². The normalized spacial score (nSPS) is 26.0. The number of hydrogen-bond acceptors (Lipinski definition) is 2. The van der Waals surface area contributed by atoms with Gasteiger partial charge in [-0.2, -0.15) is 0 Å². The second kappa shape index (κ2) is 5.30. The van der Waals surface area contributed by atoms with Crippen molar-refractivity contribution >= 4 is 29.1 Å². The zero-order valence-electron chi connectivity index (χ0n) is 11.7. The molecule has 2 heterocycles. The predicted octanol–water partition coefficient (Wildman–Crippen LogP) is 2.60. The number of piperazine rings is 1. The third-order valence-electron chi connectivity index (χ3n) is 4.23.